The second-order valence-corrected chi connectivity index (χ2v) is 8.91. The Bertz CT molecular complexity index is 1000. The van der Waals surface area contributed by atoms with Gasteiger partial charge in [0.25, 0.3) is 0 Å². The molecule has 2 atom stereocenters. The van der Waals surface area contributed by atoms with Crippen LogP contribution in [0.1, 0.15) is 48.9 Å². The minimum atomic E-state index is 0.140. The lowest BCUT2D eigenvalue weighted by atomic mass is 9.76. The van der Waals surface area contributed by atoms with Crippen LogP contribution in [0.5, 0.6) is 0 Å². The van der Waals surface area contributed by atoms with E-state index in [1.165, 1.54) is 54.3 Å². The normalized spacial score (nSPS) is 21.2. The van der Waals surface area contributed by atoms with Crippen LogP contribution in [-0.2, 0) is 19.4 Å². The highest BCUT2D eigenvalue weighted by Crippen LogP contribution is 2.35. The molecule has 1 aliphatic heterocycles. The summed E-state index contributed by atoms with van der Waals surface area (Å²) in [5.41, 5.74) is 5.07. The Kier molecular flexibility index (Phi) is 7.27. The van der Waals surface area contributed by atoms with E-state index in [0.717, 1.165) is 37.4 Å². The van der Waals surface area contributed by atoms with Gasteiger partial charge in [-0.25, -0.2) is 0 Å². The van der Waals surface area contributed by atoms with Gasteiger partial charge in [-0.1, -0.05) is 67.8 Å². The number of rotatable bonds is 1. The van der Waals surface area contributed by atoms with Crippen molar-refractivity contribution >= 4 is 10.9 Å². The molecule has 2 heterocycles. The van der Waals surface area contributed by atoms with Crippen LogP contribution in [0.25, 0.3) is 10.9 Å². The molecule has 1 aliphatic carbocycles. The van der Waals surface area contributed by atoms with E-state index in [0.29, 0.717) is 5.92 Å². The first-order valence-electron chi connectivity index (χ1n) is 11.7. The first kappa shape index (κ1) is 21.5. The number of nitrogens with zero attached hydrogens (tertiary/aromatic N) is 2. The fourth-order valence-corrected chi connectivity index (χ4v) is 5.28. The van der Waals surface area contributed by atoms with Crippen LogP contribution in [0.3, 0.4) is 0 Å². The summed E-state index contributed by atoms with van der Waals surface area (Å²) in [6.45, 7) is 1.97. The molecule has 1 saturated carbocycles. The van der Waals surface area contributed by atoms with E-state index in [1.54, 1.807) is 0 Å². The fourth-order valence-electron chi connectivity index (χ4n) is 5.28. The number of benzene rings is 2. The van der Waals surface area contributed by atoms with Crippen LogP contribution >= 0.6 is 0 Å². The first-order chi connectivity index (χ1) is 15.3. The Hall–Kier alpha value is -2.77. The van der Waals surface area contributed by atoms with Gasteiger partial charge < -0.3 is 15.0 Å². The predicted octanol–water partition coefficient (Wildman–Crippen LogP) is 5.42. The second kappa shape index (κ2) is 10.5. The van der Waals surface area contributed by atoms with Gasteiger partial charge in [0.2, 0.25) is 0 Å². The van der Waals surface area contributed by atoms with Crippen LogP contribution in [0.2, 0.25) is 0 Å². The van der Waals surface area contributed by atoms with Crippen LogP contribution < -0.4 is 0 Å². The molecule has 0 radical (unpaired) electrons. The van der Waals surface area contributed by atoms with Crippen molar-refractivity contribution in [3.05, 3.63) is 71.4 Å². The number of nitrogens with one attached hydrogen (secondary N) is 1. The molecule has 1 aromatic heterocycles. The van der Waals surface area contributed by atoms with E-state index >= 15 is 0 Å². The summed E-state index contributed by atoms with van der Waals surface area (Å²) in [4.78, 5) is 5.67. The third-order valence-corrected chi connectivity index (χ3v) is 6.99. The third-order valence-electron chi connectivity index (χ3n) is 6.99. The van der Waals surface area contributed by atoms with Crippen molar-refractivity contribution in [3.8, 4) is 6.19 Å². The minimum Gasteiger partial charge on any atom is -0.392 e. The molecule has 5 rings (SSSR count). The Morgan fingerprint density at radius 3 is 2.42 bits per heavy atom. The maximum absolute atomic E-state index is 9.54. The van der Waals surface area contributed by atoms with Gasteiger partial charge in [-0.3, -0.25) is 0 Å². The van der Waals surface area contributed by atoms with E-state index in [4.69, 9.17) is 5.11 Å². The van der Waals surface area contributed by atoms with E-state index < -0.39 is 0 Å². The number of fused-ring (bicyclic) bond motifs is 4. The van der Waals surface area contributed by atoms with Crippen molar-refractivity contribution in [2.45, 2.75) is 51.6 Å². The fraction of sp³-hybridized carbons (Fsp3) is 0.444. The summed E-state index contributed by atoms with van der Waals surface area (Å²) in [5.74, 6) is 1.51. The SMILES string of the molecule is N#CN1CCc2c([nH]c3ccccc23)CCC2CCCCC2C1.OCc1ccccc1. The zero-order valence-electron chi connectivity index (χ0n) is 18.3. The number of aliphatic hydroxyl groups is 1. The molecule has 1 fully saturated rings. The Morgan fingerprint density at radius 2 is 1.68 bits per heavy atom. The van der Waals surface area contributed by atoms with Gasteiger partial charge in [0.1, 0.15) is 0 Å². The summed E-state index contributed by atoms with van der Waals surface area (Å²) in [5, 5.41) is 19.4. The largest absolute Gasteiger partial charge is 0.392 e. The summed E-state index contributed by atoms with van der Waals surface area (Å²) >= 11 is 0. The summed E-state index contributed by atoms with van der Waals surface area (Å²) < 4.78 is 0. The standard InChI is InChI=1S/C20H25N3.C7H8O/c21-14-23-12-11-18-17-7-3-4-8-19(17)22-20(18)10-9-15-5-1-2-6-16(15)13-23;8-6-7-4-2-1-3-5-7/h3-4,7-8,15-16,22H,1-2,5-6,9-13H2;1-5,8H,6H2. The van der Waals surface area contributed by atoms with Gasteiger partial charge in [0.05, 0.1) is 6.61 Å². The molecule has 2 aliphatic rings. The first-order valence-corrected chi connectivity index (χ1v) is 11.7. The zero-order chi connectivity index (χ0) is 21.5. The van der Waals surface area contributed by atoms with Gasteiger partial charge in [0, 0.05) is 29.7 Å². The van der Waals surface area contributed by atoms with Gasteiger partial charge in [-0.05, 0) is 54.7 Å². The lowest BCUT2D eigenvalue weighted by molar-refractivity contribution is 0.176. The summed E-state index contributed by atoms with van der Waals surface area (Å²) in [6.07, 6.45) is 11.2. The highest BCUT2D eigenvalue weighted by Gasteiger charge is 2.28. The second-order valence-electron chi connectivity index (χ2n) is 8.91. The number of nitriles is 1. The molecule has 2 N–H and O–H groups in total. The third kappa shape index (κ3) is 5.29. The average Bonchev–Trinajstić information content (AvgIpc) is 3.19. The topological polar surface area (TPSA) is 63.0 Å². The molecule has 31 heavy (non-hydrogen) atoms. The number of para-hydroxylation sites is 1. The maximum Gasteiger partial charge on any atom is 0.179 e. The smallest absolute Gasteiger partial charge is 0.179 e. The molecule has 2 aromatic carbocycles. The molecule has 0 amide bonds. The highest BCUT2D eigenvalue weighted by molar-refractivity contribution is 5.84. The number of aliphatic hydroxyl groups excluding tert-OH is 1. The van der Waals surface area contributed by atoms with Crippen LogP contribution in [0.4, 0.5) is 0 Å². The molecule has 0 spiro atoms. The number of aromatic amines is 1. The lowest BCUT2D eigenvalue weighted by Gasteiger charge is -2.34. The van der Waals surface area contributed by atoms with E-state index in [2.05, 4.69) is 35.4 Å². The number of hydrogen-bond donors (Lipinski definition) is 2. The lowest BCUT2D eigenvalue weighted by Crippen LogP contribution is -2.34. The average molecular weight is 416 g/mol. The molecular weight excluding hydrogens is 382 g/mol. The minimum absolute atomic E-state index is 0.140. The van der Waals surface area contributed by atoms with E-state index in [9.17, 15) is 5.26 Å². The van der Waals surface area contributed by atoms with Crippen LogP contribution in [0.15, 0.2) is 54.6 Å². The van der Waals surface area contributed by atoms with Crippen molar-refractivity contribution in [2.75, 3.05) is 13.1 Å². The highest BCUT2D eigenvalue weighted by atomic mass is 16.3. The molecule has 0 bridgehead atoms. The molecule has 0 saturated heterocycles. The van der Waals surface area contributed by atoms with Gasteiger partial charge in [-0.2, -0.15) is 5.26 Å². The summed E-state index contributed by atoms with van der Waals surface area (Å²) in [6, 6.07) is 18.1. The monoisotopic (exact) mass is 415 g/mol. The molecular formula is C27H33N3O. The van der Waals surface area contributed by atoms with Crippen molar-refractivity contribution in [2.24, 2.45) is 11.8 Å². The molecule has 4 heteroatoms. The summed E-state index contributed by atoms with van der Waals surface area (Å²) in [7, 11) is 0. The number of aromatic nitrogens is 1. The van der Waals surface area contributed by atoms with Crippen molar-refractivity contribution in [1.29, 1.82) is 5.26 Å². The Labute approximate surface area is 185 Å². The Balaban J connectivity index is 0.000000245. The molecule has 4 nitrogen and oxygen atoms in total. The quantitative estimate of drug-likeness (QED) is 0.521. The van der Waals surface area contributed by atoms with Crippen molar-refractivity contribution in [3.63, 3.8) is 0 Å². The van der Waals surface area contributed by atoms with E-state index in [-0.39, 0.29) is 6.61 Å². The number of hydrogen-bond acceptors (Lipinski definition) is 3. The van der Waals surface area contributed by atoms with Crippen molar-refractivity contribution < 1.29 is 5.11 Å². The van der Waals surface area contributed by atoms with Crippen LogP contribution in [-0.4, -0.2) is 28.1 Å². The van der Waals surface area contributed by atoms with Crippen molar-refractivity contribution in [1.82, 2.24) is 9.88 Å². The van der Waals surface area contributed by atoms with Gasteiger partial charge >= 0.3 is 0 Å². The van der Waals surface area contributed by atoms with Gasteiger partial charge in [0.15, 0.2) is 6.19 Å². The number of H-pyrrole nitrogens is 1. The zero-order valence-corrected chi connectivity index (χ0v) is 18.3. The maximum atomic E-state index is 9.54. The molecule has 3 aromatic rings. The molecule has 2 unspecified atom stereocenters. The Morgan fingerprint density at radius 1 is 0.935 bits per heavy atom. The molecule has 162 valence electrons. The predicted molar refractivity (Wildman–Crippen MR) is 125 cm³/mol. The number of aryl methyl sites for hydroxylation is 1. The van der Waals surface area contributed by atoms with E-state index in [1.807, 2.05) is 35.2 Å². The van der Waals surface area contributed by atoms with Gasteiger partial charge in [-0.15, -0.1) is 0 Å². The van der Waals surface area contributed by atoms with Crippen LogP contribution in [0, 0.1) is 23.3 Å².